The Labute approximate surface area is 181 Å². The van der Waals surface area contributed by atoms with Gasteiger partial charge in [0.2, 0.25) is 0 Å². The van der Waals surface area contributed by atoms with Crippen LogP contribution in [0.1, 0.15) is 25.0 Å². The number of hydrogen-bond donors (Lipinski definition) is 2. The highest BCUT2D eigenvalue weighted by Crippen LogP contribution is 2.41. The van der Waals surface area contributed by atoms with Crippen LogP contribution in [0.2, 0.25) is 0 Å². The van der Waals surface area contributed by atoms with Crippen LogP contribution in [0, 0.1) is 12.3 Å². The summed E-state index contributed by atoms with van der Waals surface area (Å²) in [4.78, 5) is 21.1. The summed E-state index contributed by atoms with van der Waals surface area (Å²) in [7, 11) is 1.66. The minimum Gasteiger partial charge on any atom is -0.497 e. The molecule has 0 saturated carbocycles. The predicted octanol–water partition coefficient (Wildman–Crippen LogP) is 3.93. The van der Waals surface area contributed by atoms with E-state index in [1.807, 2.05) is 18.2 Å². The molecule has 0 atom stereocenters. The number of thiophene rings is 1. The third-order valence-electron chi connectivity index (χ3n) is 5.75. The van der Waals surface area contributed by atoms with Crippen LogP contribution in [0.3, 0.4) is 0 Å². The topological polar surface area (TPSA) is 77.4 Å². The number of anilines is 2. The molecule has 2 aliphatic rings. The van der Waals surface area contributed by atoms with Gasteiger partial charge in [0.05, 0.1) is 29.5 Å². The zero-order valence-electron chi connectivity index (χ0n) is 17.9. The summed E-state index contributed by atoms with van der Waals surface area (Å²) in [5, 5.41) is 16.2. The first-order chi connectivity index (χ1) is 14.3. The molecule has 2 aromatic rings. The number of methoxy groups -OCH3 is 1. The molecule has 30 heavy (non-hydrogen) atoms. The summed E-state index contributed by atoms with van der Waals surface area (Å²) in [6.45, 7) is 9.48. The zero-order valence-corrected chi connectivity index (χ0v) is 18.7. The fourth-order valence-electron chi connectivity index (χ4n) is 3.92. The van der Waals surface area contributed by atoms with Gasteiger partial charge in [-0.15, -0.1) is 11.3 Å². The SMILES string of the molecule is COc1ccc2c(c1)N=C(N1CCN(CC(C)(C)C(=O)O)CC1)c1c(C)csc1N2. The molecule has 160 valence electrons. The van der Waals surface area contributed by atoms with Crippen molar-refractivity contribution in [3.05, 3.63) is 34.7 Å². The Bertz CT molecular complexity index is 990. The van der Waals surface area contributed by atoms with Crippen LogP contribution in [0.5, 0.6) is 5.75 Å². The Hall–Kier alpha value is -2.58. The number of nitrogens with one attached hydrogen (secondary N) is 1. The number of fused-ring (bicyclic) bond motifs is 2. The molecule has 1 saturated heterocycles. The van der Waals surface area contributed by atoms with Gasteiger partial charge in [0.1, 0.15) is 16.6 Å². The molecular weight excluding hydrogens is 400 g/mol. The minimum atomic E-state index is -0.756. The number of aliphatic carboxylic acids is 1. The molecule has 7 nitrogen and oxygen atoms in total. The number of aliphatic imine (C=N–C) groups is 1. The lowest BCUT2D eigenvalue weighted by Gasteiger charge is -2.39. The molecule has 0 unspecified atom stereocenters. The van der Waals surface area contributed by atoms with Crippen LogP contribution in [0.25, 0.3) is 0 Å². The van der Waals surface area contributed by atoms with E-state index in [2.05, 4.69) is 27.4 Å². The lowest BCUT2D eigenvalue weighted by molar-refractivity contribution is -0.148. The van der Waals surface area contributed by atoms with Crippen molar-refractivity contribution in [3.8, 4) is 5.75 Å². The average Bonchev–Trinajstić information content (AvgIpc) is 2.98. The number of carboxylic acids is 1. The van der Waals surface area contributed by atoms with Gasteiger partial charge in [-0.05, 0) is 43.8 Å². The summed E-state index contributed by atoms with van der Waals surface area (Å²) in [5.41, 5.74) is 3.43. The molecular formula is C22H28N4O3S. The second kappa shape index (κ2) is 7.92. The Balaban J connectivity index is 1.61. The van der Waals surface area contributed by atoms with Gasteiger partial charge >= 0.3 is 5.97 Å². The standard InChI is InChI=1S/C22H28N4O3S/c1-14-12-30-20-18(14)19(23-17-11-15(29-4)5-6-16(17)24-20)26-9-7-25(8-10-26)13-22(2,3)21(27)28/h5-6,11-12,24H,7-10,13H2,1-4H3,(H,27,28). The Morgan fingerprint density at radius 1 is 1.30 bits per heavy atom. The van der Waals surface area contributed by atoms with E-state index in [1.54, 1.807) is 32.3 Å². The van der Waals surface area contributed by atoms with E-state index in [-0.39, 0.29) is 0 Å². The van der Waals surface area contributed by atoms with Crippen molar-refractivity contribution in [2.75, 3.05) is 45.2 Å². The van der Waals surface area contributed by atoms with Gasteiger partial charge in [-0.25, -0.2) is 4.99 Å². The van der Waals surface area contributed by atoms with Crippen molar-refractivity contribution in [3.63, 3.8) is 0 Å². The number of carbonyl (C=O) groups is 1. The fourth-order valence-corrected chi connectivity index (χ4v) is 4.87. The van der Waals surface area contributed by atoms with Crippen molar-refractivity contribution in [1.29, 1.82) is 0 Å². The highest BCUT2D eigenvalue weighted by atomic mass is 32.1. The van der Waals surface area contributed by atoms with Crippen LogP contribution in [-0.2, 0) is 4.79 Å². The van der Waals surface area contributed by atoms with Crippen molar-refractivity contribution in [1.82, 2.24) is 9.80 Å². The maximum atomic E-state index is 11.5. The smallest absolute Gasteiger partial charge is 0.310 e. The van der Waals surface area contributed by atoms with Crippen LogP contribution in [-0.4, -0.2) is 66.5 Å². The summed E-state index contributed by atoms with van der Waals surface area (Å²) in [6, 6.07) is 5.90. The summed E-state index contributed by atoms with van der Waals surface area (Å²) in [6.07, 6.45) is 0. The predicted molar refractivity (Wildman–Crippen MR) is 121 cm³/mol. The lowest BCUT2D eigenvalue weighted by atomic mass is 9.93. The van der Waals surface area contributed by atoms with Crippen LogP contribution in [0.15, 0.2) is 28.6 Å². The Morgan fingerprint density at radius 3 is 2.70 bits per heavy atom. The number of ether oxygens (including phenoxy) is 1. The second-order valence-corrected chi connectivity index (χ2v) is 9.40. The molecule has 8 heteroatoms. The summed E-state index contributed by atoms with van der Waals surface area (Å²) >= 11 is 1.69. The summed E-state index contributed by atoms with van der Waals surface area (Å²) < 4.78 is 5.40. The largest absolute Gasteiger partial charge is 0.497 e. The molecule has 0 aliphatic carbocycles. The molecule has 0 bridgehead atoms. The van der Waals surface area contributed by atoms with Gasteiger partial charge in [-0.2, -0.15) is 0 Å². The molecule has 2 N–H and O–H groups in total. The quantitative estimate of drug-likeness (QED) is 0.768. The van der Waals surface area contributed by atoms with E-state index in [0.717, 1.165) is 59.7 Å². The van der Waals surface area contributed by atoms with E-state index in [9.17, 15) is 9.90 Å². The van der Waals surface area contributed by atoms with Gasteiger partial charge in [-0.1, -0.05) is 0 Å². The molecule has 1 aromatic heterocycles. The van der Waals surface area contributed by atoms with Crippen LogP contribution < -0.4 is 10.1 Å². The van der Waals surface area contributed by atoms with Crippen molar-refractivity contribution < 1.29 is 14.6 Å². The monoisotopic (exact) mass is 428 g/mol. The number of benzene rings is 1. The maximum absolute atomic E-state index is 11.5. The molecule has 1 fully saturated rings. The zero-order chi connectivity index (χ0) is 21.5. The molecule has 3 heterocycles. The molecule has 2 aliphatic heterocycles. The van der Waals surface area contributed by atoms with E-state index in [0.29, 0.717) is 6.54 Å². The highest BCUT2D eigenvalue weighted by Gasteiger charge is 2.33. The first-order valence-electron chi connectivity index (χ1n) is 10.1. The summed E-state index contributed by atoms with van der Waals surface area (Å²) in [5.74, 6) is 0.995. The number of nitrogens with zero attached hydrogens (tertiary/aromatic N) is 3. The first-order valence-corrected chi connectivity index (χ1v) is 11.0. The molecule has 0 amide bonds. The first kappa shape index (κ1) is 20.7. The Morgan fingerprint density at radius 2 is 2.03 bits per heavy atom. The van der Waals surface area contributed by atoms with Crippen molar-refractivity contribution >= 4 is 39.5 Å². The molecule has 1 aromatic carbocycles. The number of rotatable bonds is 4. The van der Waals surface area contributed by atoms with E-state index >= 15 is 0 Å². The number of amidine groups is 1. The highest BCUT2D eigenvalue weighted by molar-refractivity contribution is 7.14. The van der Waals surface area contributed by atoms with Crippen LogP contribution in [0.4, 0.5) is 16.4 Å². The number of carboxylic acid groups (broad SMARTS) is 1. The van der Waals surface area contributed by atoms with Crippen molar-refractivity contribution in [2.45, 2.75) is 20.8 Å². The number of hydrogen-bond acceptors (Lipinski definition) is 7. The van der Waals surface area contributed by atoms with Gasteiger partial charge in [0, 0.05) is 38.8 Å². The number of aryl methyl sites for hydroxylation is 1. The number of piperazine rings is 1. The normalized spacial score (nSPS) is 16.8. The van der Waals surface area contributed by atoms with Gasteiger partial charge in [0.25, 0.3) is 0 Å². The average molecular weight is 429 g/mol. The minimum absolute atomic E-state index is 0.549. The second-order valence-electron chi connectivity index (χ2n) is 8.52. The third kappa shape index (κ3) is 3.89. The van der Waals surface area contributed by atoms with Crippen LogP contribution >= 0.6 is 11.3 Å². The molecule has 0 radical (unpaired) electrons. The molecule has 4 rings (SSSR count). The van der Waals surface area contributed by atoms with Gasteiger partial charge in [0.15, 0.2) is 0 Å². The molecule has 0 spiro atoms. The van der Waals surface area contributed by atoms with Gasteiger partial charge in [-0.3, -0.25) is 9.69 Å². The van der Waals surface area contributed by atoms with E-state index in [4.69, 9.17) is 9.73 Å². The maximum Gasteiger partial charge on any atom is 0.310 e. The Kier molecular flexibility index (Phi) is 5.46. The third-order valence-corrected chi connectivity index (χ3v) is 6.76. The van der Waals surface area contributed by atoms with Gasteiger partial charge < -0.3 is 20.1 Å². The fraction of sp³-hybridized carbons (Fsp3) is 0.455. The van der Waals surface area contributed by atoms with E-state index in [1.165, 1.54) is 5.56 Å². The van der Waals surface area contributed by atoms with Crippen molar-refractivity contribution in [2.24, 2.45) is 10.4 Å². The van der Waals surface area contributed by atoms with E-state index < -0.39 is 11.4 Å². The lowest BCUT2D eigenvalue weighted by Crippen LogP contribution is -2.52.